The highest BCUT2D eigenvalue weighted by molar-refractivity contribution is 5.82. The van der Waals surface area contributed by atoms with Crippen LogP contribution in [0.15, 0.2) is 36.9 Å². The maximum atomic E-state index is 12.8. The van der Waals surface area contributed by atoms with Crippen molar-refractivity contribution in [2.24, 2.45) is 0 Å². The van der Waals surface area contributed by atoms with Crippen LogP contribution >= 0.6 is 0 Å². The summed E-state index contributed by atoms with van der Waals surface area (Å²) in [6.07, 6.45) is 5.75. The third kappa shape index (κ3) is 2.94. The van der Waals surface area contributed by atoms with E-state index >= 15 is 0 Å². The minimum atomic E-state index is -0.273. The van der Waals surface area contributed by atoms with Crippen molar-refractivity contribution in [3.63, 3.8) is 0 Å². The van der Waals surface area contributed by atoms with E-state index < -0.39 is 0 Å². The van der Waals surface area contributed by atoms with Crippen molar-refractivity contribution in [1.29, 1.82) is 0 Å². The first-order valence-corrected chi connectivity index (χ1v) is 7.61. The minimum absolute atomic E-state index is 0.273. The third-order valence-electron chi connectivity index (χ3n) is 3.78. The lowest BCUT2D eigenvalue weighted by atomic mass is 10.3. The summed E-state index contributed by atoms with van der Waals surface area (Å²) in [6.45, 7) is 1.01. The maximum Gasteiger partial charge on any atom is 0.165 e. The molecule has 7 heteroatoms. The lowest BCUT2D eigenvalue weighted by molar-refractivity contribution is 0.332. The Morgan fingerprint density at radius 3 is 2.78 bits per heavy atom. The highest BCUT2D eigenvalue weighted by atomic mass is 19.1. The Morgan fingerprint density at radius 1 is 1.17 bits per heavy atom. The standard InChI is InChI=1S/C16H16FN5O/c17-11-1-5-13(6-2-11)23-8-7-18-15-14-16(20-9-19-15)22(10-21-14)12-3-4-12/h1-2,5-6,9-10,12H,3-4,7-8H2,(H,18,19,20). The summed E-state index contributed by atoms with van der Waals surface area (Å²) in [7, 11) is 0. The van der Waals surface area contributed by atoms with Crippen molar-refractivity contribution >= 4 is 17.0 Å². The number of benzene rings is 1. The predicted octanol–water partition coefficient (Wildman–Crippen LogP) is 2.79. The Kier molecular flexibility index (Phi) is 3.53. The molecule has 2 aromatic heterocycles. The number of halogens is 1. The van der Waals surface area contributed by atoms with Crippen molar-refractivity contribution in [3.8, 4) is 5.75 Å². The zero-order valence-electron chi connectivity index (χ0n) is 12.4. The van der Waals surface area contributed by atoms with Crippen molar-refractivity contribution in [2.75, 3.05) is 18.5 Å². The maximum absolute atomic E-state index is 12.8. The van der Waals surface area contributed by atoms with Gasteiger partial charge in [-0.1, -0.05) is 0 Å². The molecule has 0 atom stereocenters. The van der Waals surface area contributed by atoms with Crippen molar-refractivity contribution < 1.29 is 9.13 Å². The van der Waals surface area contributed by atoms with Crippen molar-refractivity contribution in [3.05, 3.63) is 42.7 Å². The molecule has 1 fully saturated rings. The van der Waals surface area contributed by atoms with Gasteiger partial charge in [0.25, 0.3) is 0 Å². The molecule has 0 aliphatic heterocycles. The van der Waals surface area contributed by atoms with E-state index in [4.69, 9.17) is 4.74 Å². The number of hydrogen-bond acceptors (Lipinski definition) is 5. The first-order valence-electron chi connectivity index (χ1n) is 7.61. The molecule has 1 N–H and O–H groups in total. The molecule has 118 valence electrons. The molecule has 3 aromatic rings. The van der Waals surface area contributed by atoms with Gasteiger partial charge in [0, 0.05) is 6.04 Å². The van der Waals surface area contributed by atoms with Crippen molar-refractivity contribution in [1.82, 2.24) is 19.5 Å². The normalized spacial score (nSPS) is 14.1. The minimum Gasteiger partial charge on any atom is -0.492 e. The lowest BCUT2D eigenvalue weighted by Crippen LogP contribution is -2.13. The van der Waals surface area contributed by atoms with Gasteiger partial charge >= 0.3 is 0 Å². The molecular formula is C16H16FN5O. The van der Waals surface area contributed by atoms with Crippen LogP contribution in [0.4, 0.5) is 10.2 Å². The quantitative estimate of drug-likeness (QED) is 0.709. The number of rotatable bonds is 6. The number of imidazole rings is 1. The third-order valence-corrected chi connectivity index (χ3v) is 3.78. The van der Waals surface area contributed by atoms with E-state index in [0.29, 0.717) is 30.8 Å². The summed E-state index contributed by atoms with van der Waals surface area (Å²) in [6, 6.07) is 6.50. The van der Waals surface area contributed by atoms with Gasteiger partial charge in [0.15, 0.2) is 11.5 Å². The summed E-state index contributed by atoms with van der Waals surface area (Å²) >= 11 is 0. The van der Waals surface area contributed by atoms with Gasteiger partial charge in [-0.3, -0.25) is 0 Å². The van der Waals surface area contributed by atoms with Crippen LogP contribution in [0, 0.1) is 5.82 Å². The Hall–Kier alpha value is -2.70. The SMILES string of the molecule is Fc1ccc(OCCNc2ncnc3c2ncn3C2CC2)cc1. The largest absolute Gasteiger partial charge is 0.492 e. The predicted molar refractivity (Wildman–Crippen MR) is 84.0 cm³/mol. The molecule has 4 rings (SSSR count). The molecule has 1 saturated carbocycles. The average molecular weight is 313 g/mol. The molecule has 0 amide bonds. The first-order chi connectivity index (χ1) is 11.3. The van der Waals surface area contributed by atoms with E-state index in [1.807, 2.05) is 6.33 Å². The van der Waals surface area contributed by atoms with Gasteiger partial charge in [0.05, 0.1) is 12.9 Å². The molecule has 1 aromatic carbocycles. The molecule has 23 heavy (non-hydrogen) atoms. The van der Waals surface area contributed by atoms with Crippen LogP contribution in [0.1, 0.15) is 18.9 Å². The van der Waals surface area contributed by atoms with Crippen LogP contribution in [0.25, 0.3) is 11.2 Å². The van der Waals surface area contributed by atoms with E-state index in [1.54, 1.807) is 18.5 Å². The molecule has 1 aliphatic carbocycles. The fourth-order valence-electron chi connectivity index (χ4n) is 2.47. The van der Waals surface area contributed by atoms with E-state index in [-0.39, 0.29) is 5.82 Å². The smallest absolute Gasteiger partial charge is 0.165 e. The van der Waals surface area contributed by atoms with Crippen LogP contribution in [0.5, 0.6) is 5.75 Å². The van der Waals surface area contributed by atoms with Crippen LogP contribution in [-0.2, 0) is 0 Å². The van der Waals surface area contributed by atoms with Gasteiger partial charge in [-0.25, -0.2) is 19.3 Å². The molecule has 0 radical (unpaired) electrons. The Labute approximate surface area is 132 Å². The Morgan fingerprint density at radius 2 is 2.00 bits per heavy atom. The lowest BCUT2D eigenvalue weighted by Gasteiger charge is -2.08. The van der Waals surface area contributed by atoms with Gasteiger partial charge in [-0.15, -0.1) is 0 Å². The summed E-state index contributed by atoms with van der Waals surface area (Å²) in [5, 5.41) is 3.22. The van der Waals surface area contributed by atoms with Gasteiger partial charge in [0.1, 0.15) is 30.0 Å². The monoisotopic (exact) mass is 313 g/mol. The van der Waals surface area contributed by atoms with Gasteiger partial charge in [-0.05, 0) is 37.1 Å². The number of nitrogens with zero attached hydrogens (tertiary/aromatic N) is 4. The number of nitrogens with one attached hydrogen (secondary N) is 1. The second-order valence-electron chi connectivity index (χ2n) is 5.51. The number of aromatic nitrogens is 4. The highest BCUT2D eigenvalue weighted by Crippen LogP contribution is 2.37. The zero-order valence-corrected chi connectivity index (χ0v) is 12.4. The van der Waals surface area contributed by atoms with Crippen LogP contribution in [-0.4, -0.2) is 32.7 Å². The molecular weight excluding hydrogens is 297 g/mol. The van der Waals surface area contributed by atoms with Gasteiger partial charge in [0.2, 0.25) is 0 Å². The fourth-order valence-corrected chi connectivity index (χ4v) is 2.47. The van der Waals surface area contributed by atoms with E-state index in [0.717, 1.165) is 11.2 Å². The first kappa shape index (κ1) is 13.9. The number of ether oxygens (including phenoxy) is 1. The van der Waals surface area contributed by atoms with Crippen LogP contribution < -0.4 is 10.1 Å². The molecule has 2 heterocycles. The number of fused-ring (bicyclic) bond motifs is 1. The second kappa shape index (κ2) is 5.83. The fraction of sp³-hybridized carbons (Fsp3) is 0.312. The summed E-state index contributed by atoms with van der Waals surface area (Å²) in [5.41, 5.74) is 1.64. The van der Waals surface area contributed by atoms with Gasteiger partial charge < -0.3 is 14.6 Å². The summed E-state index contributed by atoms with van der Waals surface area (Å²) < 4.78 is 20.5. The average Bonchev–Trinajstić information content (AvgIpc) is 3.32. The number of hydrogen-bond donors (Lipinski definition) is 1. The second-order valence-corrected chi connectivity index (χ2v) is 5.51. The van der Waals surface area contributed by atoms with E-state index in [9.17, 15) is 4.39 Å². The van der Waals surface area contributed by atoms with Crippen molar-refractivity contribution in [2.45, 2.75) is 18.9 Å². The Bertz CT molecular complexity index is 813. The molecule has 1 aliphatic rings. The van der Waals surface area contributed by atoms with E-state index in [2.05, 4.69) is 24.8 Å². The highest BCUT2D eigenvalue weighted by Gasteiger charge is 2.26. The molecule has 6 nitrogen and oxygen atoms in total. The van der Waals surface area contributed by atoms with Gasteiger partial charge in [-0.2, -0.15) is 0 Å². The topological polar surface area (TPSA) is 64.9 Å². The molecule has 0 saturated heterocycles. The number of anilines is 1. The summed E-state index contributed by atoms with van der Waals surface area (Å²) in [5.74, 6) is 1.07. The Balaban J connectivity index is 1.39. The summed E-state index contributed by atoms with van der Waals surface area (Å²) in [4.78, 5) is 13.0. The van der Waals surface area contributed by atoms with Crippen LogP contribution in [0.2, 0.25) is 0 Å². The zero-order chi connectivity index (χ0) is 15.6. The molecule has 0 spiro atoms. The molecule has 0 bridgehead atoms. The van der Waals surface area contributed by atoms with E-state index in [1.165, 1.54) is 25.0 Å². The molecule has 0 unspecified atom stereocenters. The van der Waals surface area contributed by atoms with Crippen LogP contribution in [0.3, 0.4) is 0 Å².